The van der Waals surface area contributed by atoms with Crippen LogP contribution >= 0.6 is 0 Å². The summed E-state index contributed by atoms with van der Waals surface area (Å²) in [6.07, 6.45) is 84.1. The van der Waals surface area contributed by atoms with E-state index in [0.29, 0.717) is 19.4 Å². The van der Waals surface area contributed by atoms with E-state index in [4.69, 9.17) is 4.74 Å². The predicted octanol–water partition coefficient (Wildman–Crippen LogP) is 21.1. The van der Waals surface area contributed by atoms with Crippen molar-refractivity contribution in [3.8, 4) is 0 Å². The van der Waals surface area contributed by atoms with Gasteiger partial charge in [-0.1, -0.05) is 293 Å². The molecule has 0 aliphatic rings. The number of rotatable bonds is 61. The van der Waals surface area contributed by atoms with E-state index in [9.17, 15) is 19.8 Å². The first-order valence-corrected chi connectivity index (χ1v) is 33.1. The van der Waals surface area contributed by atoms with Gasteiger partial charge in [-0.25, -0.2) is 0 Å². The van der Waals surface area contributed by atoms with Crippen molar-refractivity contribution in [2.45, 2.75) is 353 Å². The molecule has 0 heterocycles. The van der Waals surface area contributed by atoms with E-state index in [1.54, 1.807) is 6.08 Å². The minimum Gasteiger partial charge on any atom is -0.466 e. The van der Waals surface area contributed by atoms with Gasteiger partial charge in [-0.2, -0.15) is 0 Å². The molecule has 0 spiro atoms. The third-order valence-corrected chi connectivity index (χ3v) is 15.0. The monoisotopic (exact) mass is 1050 g/mol. The Morgan fingerprint density at radius 3 is 1.03 bits per heavy atom. The van der Waals surface area contributed by atoms with Gasteiger partial charge in [-0.15, -0.1) is 0 Å². The lowest BCUT2D eigenvalue weighted by atomic mass is 10.0. The van der Waals surface area contributed by atoms with Crippen LogP contribution in [-0.4, -0.2) is 47.4 Å². The van der Waals surface area contributed by atoms with E-state index in [1.807, 2.05) is 6.08 Å². The van der Waals surface area contributed by atoms with Crippen LogP contribution in [0.4, 0.5) is 0 Å². The first-order valence-electron chi connectivity index (χ1n) is 33.1. The average molecular weight is 1050 g/mol. The molecule has 75 heavy (non-hydrogen) atoms. The zero-order valence-electron chi connectivity index (χ0n) is 50.0. The summed E-state index contributed by atoms with van der Waals surface area (Å²) in [5.41, 5.74) is 0. The van der Waals surface area contributed by atoms with E-state index in [-0.39, 0.29) is 18.5 Å². The number of esters is 1. The lowest BCUT2D eigenvalue weighted by Crippen LogP contribution is -2.45. The fraction of sp³-hybridized carbons (Fsp3) is 0.826. The van der Waals surface area contributed by atoms with Gasteiger partial charge in [0.15, 0.2) is 0 Å². The molecule has 0 radical (unpaired) electrons. The van der Waals surface area contributed by atoms with Crippen LogP contribution in [0.25, 0.3) is 0 Å². The van der Waals surface area contributed by atoms with Gasteiger partial charge in [-0.05, 0) is 96.3 Å². The Kier molecular flexibility index (Phi) is 62.0. The summed E-state index contributed by atoms with van der Waals surface area (Å²) in [5, 5.41) is 23.2. The number of amides is 1. The number of carbonyl (C=O) groups is 2. The highest BCUT2D eigenvalue weighted by Crippen LogP contribution is 2.17. The Balaban J connectivity index is 3.49. The highest BCUT2D eigenvalue weighted by molar-refractivity contribution is 5.76. The molecule has 6 nitrogen and oxygen atoms in total. The van der Waals surface area contributed by atoms with Crippen molar-refractivity contribution in [2.24, 2.45) is 0 Å². The maximum absolute atomic E-state index is 12.5. The number of unbranched alkanes of at least 4 members (excludes halogenated alkanes) is 42. The van der Waals surface area contributed by atoms with Crippen LogP contribution in [0.1, 0.15) is 341 Å². The van der Waals surface area contributed by atoms with Crippen molar-refractivity contribution in [1.29, 1.82) is 0 Å². The number of nitrogens with one attached hydrogen (secondary N) is 1. The maximum atomic E-state index is 12.5. The Morgan fingerprint density at radius 1 is 0.373 bits per heavy atom. The summed E-state index contributed by atoms with van der Waals surface area (Å²) in [6.45, 7) is 4.89. The van der Waals surface area contributed by atoms with Crippen molar-refractivity contribution in [3.63, 3.8) is 0 Å². The van der Waals surface area contributed by atoms with Gasteiger partial charge in [0.25, 0.3) is 0 Å². The molecule has 0 aliphatic heterocycles. The number of hydrogen-bond donors (Lipinski definition) is 3. The van der Waals surface area contributed by atoms with Crippen molar-refractivity contribution >= 4 is 11.9 Å². The third-order valence-electron chi connectivity index (χ3n) is 15.0. The number of aliphatic hydroxyl groups excluding tert-OH is 2. The van der Waals surface area contributed by atoms with Gasteiger partial charge in [0.2, 0.25) is 5.91 Å². The first kappa shape index (κ1) is 72.6. The zero-order valence-corrected chi connectivity index (χ0v) is 50.0. The van der Waals surface area contributed by atoms with Gasteiger partial charge < -0.3 is 20.3 Å². The molecular weight excluding hydrogens is 923 g/mol. The quantitative estimate of drug-likeness (QED) is 0.0320. The lowest BCUT2D eigenvalue weighted by Gasteiger charge is -2.20. The molecular formula is C69H127NO5. The molecule has 0 fully saturated rings. The smallest absolute Gasteiger partial charge is 0.305 e. The van der Waals surface area contributed by atoms with E-state index in [0.717, 1.165) is 70.6 Å². The van der Waals surface area contributed by atoms with Gasteiger partial charge in [0, 0.05) is 12.8 Å². The van der Waals surface area contributed by atoms with Crippen LogP contribution in [0.3, 0.4) is 0 Å². The van der Waals surface area contributed by atoms with Crippen LogP contribution < -0.4 is 5.32 Å². The number of aliphatic hydroxyl groups is 2. The fourth-order valence-corrected chi connectivity index (χ4v) is 9.93. The minimum atomic E-state index is -0.853. The average Bonchev–Trinajstić information content (AvgIpc) is 3.41. The van der Waals surface area contributed by atoms with Crippen molar-refractivity contribution in [3.05, 3.63) is 60.8 Å². The second kappa shape index (κ2) is 64.1. The molecule has 0 bridgehead atoms. The third kappa shape index (κ3) is 60.6. The number of hydrogen-bond acceptors (Lipinski definition) is 5. The lowest BCUT2D eigenvalue weighted by molar-refractivity contribution is -0.143. The van der Waals surface area contributed by atoms with E-state index >= 15 is 0 Å². The molecule has 0 saturated carbocycles. The summed E-state index contributed by atoms with van der Waals surface area (Å²) in [5.74, 6) is -0.0844. The van der Waals surface area contributed by atoms with Gasteiger partial charge in [-0.3, -0.25) is 9.59 Å². The molecule has 0 aromatic heterocycles. The molecule has 3 N–H and O–H groups in total. The van der Waals surface area contributed by atoms with Crippen LogP contribution in [-0.2, 0) is 14.3 Å². The molecule has 2 unspecified atom stereocenters. The predicted molar refractivity (Wildman–Crippen MR) is 328 cm³/mol. The van der Waals surface area contributed by atoms with Crippen LogP contribution in [0.2, 0.25) is 0 Å². The van der Waals surface area contributed by atoms with E-state index in [1.165, 1.54) is 244 Å². The summed E-state index contributed by atoms with van der Waals surface area (Å²) in [6, 6.07) is -0.638. The molecule has 6 heteroatoms. The first-order chi connectivity index (χ1) is 37.0. The summed E-state index contributed by atoms with van der Waals surface area (Å²) >= 11 is 0. The standard InChI is InChI=1S/C69H127NO5/c1-3-5-7-9-11-13-15-17-19-21-27-30-33-37-41-45-49-53-57-61-67(72)66(65-71)70-68(73)62-58-54-50-46-42-38-34-31-28-25-23-22-24-26-29-32-36-40-44-48-52-56-60-64-75-69(74)63-59-55-51-47-43-39-35-20-18-16-14-12-10-8-6-4-2/h14,16,20,22,24-25,28,35,57,61,66-67,71-72H,3-13,15,17-19,21,23,26-27,29-34,36-56,58-60,62-65H2,1-2H3,(H,70,73)/b16-14-,24-22-,28-25-,35-20-,61-57+. The second-order valence-electron chi connectivity index (χ2n) is 22.4. The Labute approximate surface area is 467 Å². The number of carbonyl (C=O) groups excluding carboxylic acids is 2. The molecule has 0 rings (SSSR count). The normalized spacial score (nSPS) is 13.0. The minimum absolute atomic E-state index is 0.00725. The Morgan fingerprint density at radius 2 is 0.667 bits per heavy atom. The zero-order chi connectivity index (χ0) is 54.3. The van der Waals surface area contributed by atoms with E-state index in [2.05, 4.69) is 67.8 Å². The van der Waals surface area contributed by atoms with Crippen molar-refractivity contribution in [2.75, 3.05) is 13.2 Å². The second-order valence-corrected chi connectivity index (χ2v) is 22.4. The van der Waals surface area contributed by atoms with E-state index < -0.39 is 12.1 Å². The van der Waals surface area contributed by atoms with Crippen molar-refractivity contribution in [1.82, 2.24) is 5.32 Å². The van der Waals surface area contributed by atoms with Gasteiger partial charge in [0.05, 0.1) is 25.4 Å². The number of allylic oxidation sites excluding steroid dienone is 9. The molecule has 2 atom stereocenters. The van der Waals surface area contributed by atoms with Gasteiger partial charge in [0.1, 0.15) is 0 Å². The topological polar surface area (TPSA) is 95.9 Å². The molecule has 0 aliphatic carbocycles. The largest absolute Gasteiger partial charge is 0.466 e. The molecule has 438 valence electrons. The number of ether oxygens (including phenoxy) is 1. The van der Waals surface area contributed by atoms with Crippen LogP contribution in [0.15, 0.2) is 60.8 Å². The fourth-order valence-electron chi connectivity index (χ4n) is 9.93. The molecule has 0 aromatic carbocycles. The van der Waals surface area contributed by atoms with Crippen molar-refractivity contribution < 1.29 is 24.5 Å². The van der Waals surface area contributed by atoms with Crippen LogP contribution in [0.5, 0.6) is 0 Å². The summed E-state index contributed by atoms with van der Waals surface area (Å²) in [4.78, 5) is 24.6. The highest BCUT2D eigenvalue weighted by atomic mass is 16.5. The maximum Gasteiger partial charge on any atom is 0.305 e. The van der Waals surface area contributed by atoms with Crippen LogP contribution in [0, 0.1) is 0 Å². The Hall–Kier alpha value is -2.44. The molecule has 0 saturated heterocycles. The summed E-state index contributed by atoms with van der Waals surface area (Å²) < 4.78 is 5.48. The molecule has 1 amide bonds. The highest BCUT2D eigenvalue weighted by Gasteiger charge is 2.18. The SMILES string of the molecule is CCCCCC/C=C\C/C=C\CCCCCCCC(=O)OCCCCCCCCCCC/C=C\C/C=C\CCCCCCCCCC(=O)NC(CO)C(O)/C=C/CCCCCCCCCCCCCCCCCCC. The van der Waals surface area contributed by atoms with Gasteiger partial charge >= 0.3 is 5.97 Å². The summed E-state index contributed by atoms with van der Waals surface area (Å²) in [7, 11) is 0. The molecule has 0 aromatic rings. The Bertz CT molecular complexity index is 1300.